The monoisotopic (exact) mass is 398 g/mol. The second-order valence-corrected chi connectivity index (χ2v) is 7.60. The van der Waals surface area contributed by atoms with Gasteiger partial charge in [-0.25, -0.2) is 0 Å². The number of piperidine rings is 1. The molecule has 0 aromatic heterocycles. The predicted molar refractivity (Wildman–Crippen MR) is 103 cm³/mol. The number of piperazine rings is 1. The number of carbonyl (C=O) groups excluding carboxylic acids is 1. The van der Waals surface area contributed by atoms with Gasteiger partial charge in [-0.05, 0) is 44.0 Å². The van der Waals surface area contributed by atoms with Crippen LogP contribution < -0.4 is 10.6 Å². The standard InChI is InChI=1S/C20H29F3N4O/c21-20(22,23)16-4-1-5-17(14-16)25-10-12-26(13-11-25)18-6-3-9-27(15-18)19(28)7-2-8-24/h1,4-5,14,18H,2-3,6-13,15,24H2. The number of nitrogens with two attached hydrogens (primary N) is 1. The van der Waals surface area contributed by atoms with E-state index < -0.39 is 11.7 Å². The van der Waals surface area contributed by atoms with Crippen molar-refractivity contribution in [3.63, 3.8) is 0 Å². The highest BCUT2D eigenvalue weighted by molar-refractivity contribution is 5.76. The molecular formula is C20H29F3N4O. The van der Waals surface area contributed by atoms with E-state index in [1.54, 1.807) is 6.07 Å². The average Bonchev–Trinajstić information content (AvgIpc) is 2.71. The van der Waals surface area contributed by atoms with Crippen molar-refractivity contribution < 1.29 is 18.0 Å². The van der Waals surface area contributed by atoms with Crippen molar-refractivity contribution in [1.29, 1.82) is 0 Å². The Kier molecular flexibility index (Phi) is 6.82. The lowest BCUT2D eigenvalue weighted by atomic mass is 10.0. The number of hydrogen-bond acceptors (Lipinski definition) is 4. The first-order valence-corrected chi connectivity index (χ1v) is 10.0. The Morgan fingerprint density at radius 1 is 1.14 bits per heavy atom. The van der Waals surface area contributed by atoms with Gasteiger partial charge in [0, 0.05) is 57.4 Å². The van der Waals surface area contributed by atoms with E-state index in [1.165, 1.54) is 12.1 Å². The van der Waals surface area contributed by atoms with Crippen molar-refractivity contribution in [2.45, 2.75) is 37.9 Å². The molecule has 0 radical (unpaired) electrons. The summed E-state index contributed by atoms with van der Waals surface area (Å²) < 4.78 is 38.9. The van der Waals surface area contributed by atoms with E-state index in [0.29, 0.717) is 37.8 Å². The fourth-order valence-corrected chi connectivity index (χ4v) is 4.11. The molecule has 1 aromatic carbocycles. The molecule has 0 saturated carbocycles. The molecule has 156 valence electrons. The molecule has 1 amide bonds. The minimum absolute atomic E-state index is 0.178. The second-order valence-electron chi connectivity index (χ2n) is 7.60. The zero-order valence-corrected chi connectivity index (χ0v) is 16.1. The summed E-state index contributed by atoms with van der Waals surface area (Å²) in [6.07, 6.45) is -1.04. The van der Waals surface area contributed by atoms with Crippen molar-refractivity contribution in [1.82, 2.24) is 9.80 Å². The van der Waals surface area contributed by atoms with Crippen LogP contribution in [0, 0.1) is 0 Å². The fourth-order valence-electron chi connectivity index (χ4n) is 4.11. The Hall–Kier alpha value is -1.80. The largest absolute Gasteiger partial charge is 0.416 e. The first-order valence-electron chi connectivity index (χ1n) is 10.0. The Labute approximate surface area is 164 Å². The molecule has 2 fully saturated rings. The lowest BCUT2D eigenvalue weighted by Crippen LogP contribution is -2.55. The lowest BCUT2D eigenvalue weighted by molar-refractivity contribution is -0.137. The molecule has 2 saturated heterocycles. The molecule has 8 heteroatoms. The molecule has 3 rings (SSSR count). The highest BCUT2D eigenvalue weighted by atomic mass is 19.4. The summed E-state index contributed by atoms with van der Waals surface area (Å²) in [6.45, 7) is 5.06. The Morgan fingerprint density at radius 3 is 2.57 bits per heavy atom. The van der Waals surface area contributed by atoms with Gasteiger partial charge in [-0.15, -0.1) is 0 Å². The van der Waals surface area contributed by atoms with Crippen molar-refractivity contribution in [2.75, 3.05) is 50.7 Å². The highest BCUT2D eigenvalue weighted by Gasteiger charge is 2.32. The smallest absolute Gasteiger partial charge is 0.369 e. The third-order valence-electron chi connectivity index (χ3n) is 5.71. The van der Waals surface area contributed by atoms with E-state index in [9.17, 15) is 18.0 Å². The van der Waals surface area contributed by atoms with E-state index in [0.717, 1.165) is 51.5 Å². The molecule has 1 atom stereocenters. The summed E-state index contributed by atoms with van der Waals surface area (Å²) in [4.78, 5) is 18.6. The maximum Gasteiger partial charge on any atom is 0.416 e. The maximum atomic E-state index is 13.0. The predicted octanol–water partition coefficient (Wildman–Crippen LogP) is 2.56. The minimum Gasteiger partial charge on any atom is -0.369 e. The van der Waals surface area contributed by atoms with Gasteiger partial charge in [-0.1, -0.05) is 6.07 Å². The normalized spacial score (nSPS) is 21.8. The van der Waals surface area contributed by atoms with Crippen LogP contribution in [0.5, 0.6) is 0 Å². The lowest BCUT2D eigenvalue weighted by Gasteiger charge is -2.44. The van der Waals surface area contributed by atoms with Crippen molar-refractivity contribution in [3.8, 4) is 0 Å². The van der Waals surface area contributed by atoms with Crippen LogP contribution in [0.2, 0.25) is 0 Å². The summed E-state index contributed by atoms with van der Waals surface area (Å²) in [5, 5.41) is 0. The molecule has 2 heterocycles. The van der Waals surface area contributed by atoms with Gasteiger partial charge in [0.05, 0.1) is 5.56 Å². The van der Waals surface area contributed by atoms with Gasteiger partial charge < -0.3 is 15.5 Å². The molecule has 28 heavy (non-hydrogen) atoms. The summed E-state index contributed by atoms with van der Waals surface area (Å²) >= 11 is 0. The quantitative estimate of drug-likeness (QED) is 0.828. The van der Waals surface area contributed by atoms with Gasteiger partial charge in [-0.3, -0.25) is 9.69 Å². The van der Waals surface area contributed by atoms with Crippen LogP contribution in [0.15, 0.2) is 24.3 Å². The zero-order chi connectivity index (χ0) is 20.1. The molecule has 0 bridgehead atoms. The van der Waals surface area contributed by atoms with Crippen LogP contribution in [0.25, 0.3) is 0 Å². The number of nitrogens with zero attached hydrogens (tertiary/aromatic N) is 3. The van der Waals surface area contributed by atoms with Gasteiger partial charge >= 0.3 is 6.18 Å². The number of likely N-dealkylation sites (tertiary alicyclic amines) is 1. The summed E-state index contributed by atoms with van der Waals surface area (Å²) in [7, 11) is 0. The molecule has 0 spiro atoms. The van der Waals surface area contributed by atoms with Gasteiger partial charge in [0.1, 0.15) is 0 Å². The SMILES string of the molecule is NCCCC(=O)N1CCCC(N2CCN(c3cccc(C(F)(F)F)c3)CC2)C1. The van der Waals surface area contributed by atoms with Crippen LogP contribution in [0.4, 0.5) is 18.9 Å². The number of halogens is 3. The number of alkyl halides is 3. The molecule has 2 N–H and O–H groups in total. The minimum atomic E-state index is -4.32. The van der Waals surface area contributed by atoms with Gasteiger partial charge in [0.15, 0.2) is 0 Å². The van der Waals surface area contributed by atoms with E-state index in [-0.39, 0.29) is 5.91 Å². The van der Waals surface area contributed by atoms with Crippen LogP contribution in [0.3, 0.4) is 0 Å². The number of rotatable bonds is 5. The summed E-state index contributed by atoms with van der Waals surface area (Å²) in [5.74, 6) is 0.178. The topological polar surface area (TPSA) is 52.8 Å². The van der Waals surface area contributed by atoms with Gasteiger partial charge in [-0.2, -0.15) is 13.2 Å². The molecule has 0 aliphatic carbocycles. The van der Waals surface area contributed by atoms with E-state index in [1.807, 2.05) is 9.80 Å². The first-order chi connectivity index (χ1) is 13.4. The van der Waals surface area contributed by atoms with Crippen molar-refractivity contribution in [2.24, 2.45) is 5.73 Å². The Bertz CT molecular complexity index is 659. The van der Waals surface area contributed by atoms with E-state index in [2.05, 4.69) is 4.90 Å². The molecule has 5 nitrogen and oxygen atoms in total. The zero-order valence-electron chi connectivity index (χ0n) is 16.1. The number of amides is 1. The summed E-state index contributed by atoms with van der Waals surface area (Å²) in [5.41, 5.74) is 5.52. The molecule has 2 aliphatic rings. The van der Waals surface area contributed by atoms with Crippen LogP contribution in [-0.2, 0) is 11.0 Å². The van der Waals surface area contributed by atoms with Crippen molar-refractivity contribution in [3.05, 3.63) is 29.8 Å². The molecular weight excluding hydrogens is 369 g/mol. The van der Waals surface area contributed by atoms with Crippen LogP contribution >= 0.6 is 0 Å². The molecule has 2 aliphatic heterocycles. The van der Waals surface area contributed by atoms with Crippen molar-refractivity contribution >= 4 is 11.6 Å². The number of hydrogen-bond donors (Lipinski definition) is 1. The second kappa shape index (κ2) is 9.13. The average molecular weight is 398 g/mol. The molecule has 1 unspecified atom stereocenters. The van der Waals surface area contributed by atoms with Gasteiger partial charge in [0.2, 0.25) is 5.91 Å². The maximum absolute atomic E-state index is 13.0. The van der Waals surface area contributed by atoms with Crippen LogP contribution in [-0.4, -0.2) is 67.6 Å². The van der Waals surface area contributed by atoms with Gasteiger partial charge in [0.25, 0.3) is 0 Å². The number of anilines is 1. The Morgan fingerprint density at radius 2 is 1.89 bits per heavy atom. The summed E-state index contributed by atoms with van der Waals surface area (Å²) in [6, 6.07) is 5.88. The fraction of sp³-hybridized carbons (Fsp3) is 0.650. The Balaban J connectivity index is 1.54. The van der Waals surface area contributed by atoms with E-state index in [4.69, 9.17) is 5.73 Å². The third-order valence-corrected chi connectivity index (χ3v) is 5.71. The molecule has 1 aromatic rings. The third kappa shape index (κ3) is 5.17. The number of benzene rings is 1. The van der Waals surface area contributed by atoms with Crippen LogP contribution in [0.1, 0.15) is 31.2 Å². The highest BCUT2D eigenvalue weighted by Crippen LogP contribution is 2.32. The van der Waals surface area contributed by atoms with E-state index >= 15 is 0 Å². The number of carbonyl (C=O) groups is 1. The first kappa shape index (κ1) is 20.9.